The smallest absolute Gasteiger partial charge is 0.170 e. The van der Waals surface area contributed by atoms with Gasteiger partial charge in [-0.1, -0.05) is 11.6 Å². The van der Waals surface area contributed by atoms with Crippen LogP contribution in [-0.2, 0) is 0 Å². The molecule has 3 aromatic rings. The predicted molar refractivity (Wildman–Crippen MR) is 136 cm³/mol. The lowest BCUT2D eigenvalue weighted by Crippen LogP contribution is -2.31. The molecular formula is C27H31ClFN3O2. The van der Waals surface area contributed by atoms with Gasteiger partial charge in [0, 0.05) is 24.2 Å². The van der Waals surface area contributed by atoms with Crippen molar-refractivity contribution in [2.75, 3.05) is 26.0 Å². The number of ketones is 1. The molecule has 0 aliphatic heterocycles. The molecule has 0 amide bonds. The molecule has 1 aliphatic rings. The SMILES string of the molecule is CC(=O)c1cnc2cc(C)c(-c3cc(F)c(O)c(Cl)c3)cc2c1NC1CCC(CN(C)C)CC1. The Morgan fingerprint density at radius 1 is 1.21 bits per heavy atom. The third-order valence-electron chi connectivity index (χ3n) is 6.74. The Morgan fingerprint density at radius 3 is 2.53 bits per heavy atom. The second kappa shape index (κ2) is 9.88. The molecule has 0 atom stereocenters. The molecule has 1 aromatic heterocycles. The van der Waals surface area contributed by atoms with Gasteiger partial charge in [0.1, 0.15) is 0 Å². The summed E-state index contributed by atoms with van der Waals surface area (Å²) in [6, 6.07) is 6.97. The van der Waals surface area contributed by atoms with Gasteiger partial charge >= 0.3 is 0 Å². The number of halogens is 2. The normalized spacial score (nSPS) is 18.4. The number of nitrogens with one attached hydrogen (secondary N) is 1. The van der Waals surface area contributed by atoms with Gasteiger partial charge in [0.15, 0.2) is 17.3 Å². The highest BCUT2D eigenvalue weighted by Gasteiger charge is 2.24. The lowest BCUT2D eigenvalue weighted by molar-refractivity contribution is 0.101. The van der Waals surface area contributed by atoms with Gasteiger partial charge in [0.25, 0.3) is 0 Å². The fraction of sp³-hybridized carbons (Fsp3) is 0.407. The topological polar surface area (TPSA) is 65.5 Å². The van der Waals surface area contributed by atoms with Crippen LogP contribution in [0.4, 0.5) is 10.1 Å². The Hall–Kier alpha value is -2.70. The van der Waals surface area contributed by atoms with Crippen molar-refractivity contribution >= 4 is 34.0 Å². The Labute approximate surface area is 204 Å². The van der Waals surface area contributed by atoms with E-state index in [0.717, 1.165) is 59.9 Å². The number of carbonyl (C=O) groups is 1. The van der Waals surface area contributed by atoms with Crippen LogP contribution in [0.5, 0.6) is 5.75 Å². The van der Waals surface area contributed by atoms with Gasteiger partial charge in [-0.15, -0.1) is 0 Å². The molecule has 0 radical (unpaired) electrons. The van der Waals surface area contributed by atoms with Gasteiger partial charge in [-0.25, -0.2) is 4.39 Å². The van der Waals surface area contributed by atoms with Crippen molar-refractivity contribution in [3.63, 3.8) is 0 Å². The zero-order valence-electron chi connectivity index (χ0n) is 20.1. The number of benzene rings is 2. The molecule has 5 nitrogen and oxygen atoms in total. The van der Waals surface area contributed by atoms with E-state index < -0.39 is 11.6 Å². The number of Topliss-reactive ketones (excluding diaryl/α,β-unsaturated/α-hetero) is 1. The highest BCUT2D eigenvalue weighted by atomic mass is 35.5. The van der Waals surface area contributed by atoms with Gasteiger partial charge in [-0.05, 0) is 100 Å². The number of carbonyl (C=O) groups excluding carboxylic acids is 1. The zero-order valence-corrected chi connectivity index (χ0v) is 20.8. The lowest BCUT2D eigenvalue weighted by Gasteiger charge is -2.32. The molecule has 0 saturated heterocycles. The number of aromatic nitrogens is 1. The minimum atomic E-state index is -0.773. The Kier molecular flexibility index (Phi) is 7.10. The first kappa shape index (κ1) is 24.4. The van der Waals surface area contributed by atoms with Gasteiger partial charge < -0.3 is 15.3 Å². The number of hydrogen-bond donors (Lipinski definition) is 2. The van der Waals surface area contributed by atoms with Crippen molar-refractivity contribution < 1.29 is 14.3 Å². The van der Waals surface area contributed by atoms with Crippen LogP contribution in [0.3, 0.4) is 0 Å². The Bertz CT molecular complexity index is 1210. The molecular weight excluding hydrogens is 453 g/mol. The van der Waals surface area contributed by atoms with Crippen molar-refractivity contribution in [3.8, 4) is 16.9 Å². The van der Waals surface area contributed by atoms with E-state index in [4.69, 9.17) is 11.6 Å². The van der Waals surface area contributed by atoms with Gasteiger partial charge in [0.2, 0.25) is 0 Å². The van der Waals surface area contributed by atoms with E-state index in [2.05, 4.69) is 29.3 Å². The quantitative estimate of drug-likeness (QED) is 0.395. The van der Waals surface area contributed by atoms with Crippen molar-refractivity contribution in [1.29, 1.82) is 0 Å². The zero-order chi connectivity index (χ0) is 24.6. The molecule has 1 aliphatic carbocycles. The molecule has 0 spiro atoms. The number of rotatable bonds is 6. The summed E-state index contributed by atoms with van der Waals surface area (Å²) in [6.45, 7) is 4.57. The average Bonchev–Trinajstić information content (AvgIpc) is 2.77. The van der Waals surface area contributed by atoms with Crippen LogP contribution in [0.25, 0.3) is 22.0 Å². The largest absolute Gasteiger partial charge is 0.504 e. The Morgan fingerprint density at radius 2 is 1.91 bits per heavy atom. The van der Waals surface area contributed by atoms with Crippen molar-refractivity contribution in [1.82, 2.24) is 9.88 Å². The van der Waals surface area contributed by atoms with Gasteiger partial charge in [-0.3, -0.25) is 9.78 Å². The van der Waals surface area contributed by atoms with Crippen molar-refractivity contribution in [2.24, 2.45) is 5.92 Å². The molecule has 0 bridgehead atoms. The van der Waals surface area contributed by atoms with Gasteiger partial charge in [0.05, 0.1) is 21.8 Å². The standard InChI is InChI=1S/C27H31ClFN3O2/c1-15-9-25-21(12-20(15)18-10-23(28)27(34)24(29)11-18)26(22(13-30-25)16(2)33)31-19-7-5-17(6-8-19)14-32(3)4/h9-13,17,19,34H,5-8,14H2,1-4H3,(H,30,31). The summed E-state index contributed by atoms with van der Waals surface area (Å²) in [5, 5.41) is 14.2. The van der Waals surface area contributed by atoms with Crippen LogP contribution in [0.1, 0.15) is 48.5 Å². The first-order valence-electron chi connectivity index (χ1n) is 11.7. The number of pyridine rings is 1. The summed E-state index contributed by atoms with van der Waals surface area (Å²) < 4.78 is 14.2. The highest BCUT2D eigenvalue weighted by molar-refractivity contribution is 6.32. The number of nitrogens with zero attached hydrogens (tertiary/aromatic N) is 2. The van der Waals surface area contributed by atoms with Crippen molar-refractivity contribution in [3.05, 3.63) is 52.4 Å². The van der Waals surface area contributed by atoms with E-state index in [1.54, 1.807) is 19.2 Å². The third-order valence-corrected chi connectivity index (χ3v) is 7.03. The summed E-state index contributed by atoms with van der Waals surface area (Å²) >= 11 is 6.05. The van der Waals surface area contributed by atoms with Gasteiger partial charge in [-0.2, -0.15) is 0 Å². The summed E-state index contributed by atoms with van der Waals surface area (Å²) in [5.74, 6) is -0.695. The Balaban J connectivity index is 1.75. The van der Waals surface area contributed by atoms with E-state index >= 15 is 0 Å². The maximum atomic E-state index is 14.2. The van der Waals surface area contributed by atoms with E-state index in [1.165, 1.54) is 6.07 Å². The predicted octanol–water partition coefficient (Wildman–Crippen LogP) is 6.44. The van der Waals surface area contributed by atoms with Crippen LogP contribution in [0, 0.1) is 18.7 Å². The molecule has 1 fully saturated rings. The highest BCUT2D eigenvalue weighted by Crippen LogP contribution is 2.38. The molecule has 4 rings (SSSR count). The number of hydrogen-bond acceptors (Lipinski definition) is 5. The van der Waals surface area contributed by atoms with E-state index in [0.29, 0.717) is 17.0 Å². The van der Waals surface area contributed by atoms with Crippen molar-refractivity contribution in [2.45, 2.75) is 45.6 Å². The second-order valence-corrected chi connectivity index (χ2v) is 10.1. The fourth-order valence-corrected chi connectivity index (χ4v) is 5.22. The molecule has 7 heteroatoms. The number of aromatic hydroxyl groups is 1. The first-order valence-corrected chi connectivity index (χ1v) is 12.1. The molecule has 2 aromatic carbocycles. The molecule has 2 N–H and O–H groups in total. The maximum absolute atomic E-state index is 14.2. The number of anilines is 1. The molecule has 1 heterocycles. The fourth-order valence-electron chi connectivity index (χ4n) is 5.01. The molecule has 1 saturated carbocycles. The number of aryl methyl sites for hydroxylation is 1. The van der Waals surface area contributed by atoms with Crippen LogP contribution in [0.2, 0.25) is 5.02 Å². The second-order valence-electron chi connectivity index (χ2n) is 9.70. The number of fused-ring (bicyclic) bond motifs is 1. The third kappa shape index (κ3) is 5.03. The summed E-state index contributed by atoms with van der Waals surface area (Å²) in [5.41, 5.74) is 4.32. The van der Waals surface area contributed by atoms with Crippen LogP contribution >= 0.6 is 11.6 Å². The minimum absolute atomic E-state index is 0.0436. The van der Waals surface area contributed by atoms with Crippen LogP contribution < -0.4 is 5.32 Å². The molecule has 34 heavy (non-hydrogen) atoms. The van der Waals surface area contributed by atoms with E-state index in [-0.39, 0.29) is 16.8 Å². The first-order chi connectivity index (χ1) is 16.1. The maximum Gasteiger partial charge on any atom is 0.170 e. The molecule has 180 valence electrons. The summed E-state index contributed by atoms with van der Waals surface area (Å²) in [6.07, 6.45) is 6.00. The average molecular weight is 484 g/mol. The monoisotopic (exact) mass is 483 g/mol. The van der Waals surface area contributed by atoms with Crippen LogP contribution in [-0.4, -0.2) is 47.5 Å². The number of phenolic OH excluding ortho intramolecular Hbond substituents is 1. The lowest BCUT2D eigenvalue weighted by atomic mass is 9.85. The van der Waals surface area contributed by atoms with E-state index in [1.807, 2.05) is 19.1 Å². The number of phenols is 1. The van der Waals surface area contributed by atoms with Crippen LogP contribution in [0.15, 0.2) is 30.5 Å². The summed E-state index contributed by atoms with van der Waals surface area (Å²) in [7, 11) is 4.22. The summed E-state index contributed by atoms with van der Waals surface area (Å²) in [4.78, 5) is 19.3. The molecule has 0 unspecified atom stereocenters. The minimum Gasteiger partial charge on any atom is -0.504 e. The van der Waals surface area contributed by atoms with E-state index in [9.17, 15) is 14.3 Å².